The number of hydrogen-bond donors (Lipinski definition) is 0. The summed E-state index contributed by atoms with van der Waals surface area (Å²) < 4.78 is 0. The Labute approximate surface area is 114 Å². The standard InChI is InChI=1S/C14H10O4.H4Si/c15-13(11-7-3-1-4-8-11)17-18-14(16)12-9-5-2-6-10-12;/h1-10H;1H4. The molecule has 0 radical (unpaired) electrons. The highest BCUT2D eigenvalue weighted by Gasteiger charge is 2.12. The molecule has 0 atom stereocenters. The summed E-state index contributed by atoms with van der Waals surface area (Å²) in [5.74, 6) is -1.42. The first-order valence-corrected chi connectivity index (χ1v) is 5.30. The summed E-state index contributed by atoms with van der Waals surface area (Å²) in [6.45, 7) is 0. The van der Waals surface area contributed by atoms with Crippen molar-refractivity contribution in [3.63, 3.8) is 0 Å². The lowest BCUT2D eigenvalue weighted by Crippen LogP contribution is -2.11. The molecule has 0 unspecified atom stereocenters. The van der Waals surface area contributed by atoms with Crippen LogP contribution in [0, 0.1) is 0 Å². The van der Waals surface area contributed by atoms with E-state index in [1.54, 1.807) is 60.7 Å². The largest absolute Gasteiger partial charge is 0.386 e. The van der Waals surface area contributed by atoms with Gasteiger partial charge in [0.25, 0.3) is 0 Å². The molecule has 0 aliphatic rings. The number of carbonyl (C=O) groups excluding carboxylic acids is 2. The highest BCUT2D eigenvalue weighted by molar-refractivity contribution is 5.92. The average Bonchev–Trinajstić information content (AvgIpc) is 2.46. The summed E-state index contributed by atoms with van der Waals surface area (Å²) in [7, 11) is 0. The van der Waals surface area contributed by atoms with Gasteiger partial charge in [-0.3, -0.25) is 0 Å². The minimum Gasteiger partial charge on any atom is -0.242 e. The summed E-state index contributed by atoms with van der Waals surface area (Å²) in [4.78, 5) is 31.9. The molecule has 2 rings (SSSR count). The molecule has 0 bridgehead atoms. The molecule has 0 saturated heterocycles. The molecule has 0 aromatic heterocycles. The average molecular weight is 274 g/mol. The van der Waals surface area contributed by atoms with Crippen molar-refractivity contribution in [3.05, 3.63) is 71.8 Å². The van der Waals surface area contributed by atoms with Crippen molar-refractivity contribution in [2.45, 2.75) is 0 Å². The molecule has 0 aliphatic carbocycles. The third-order valence-corrected chi connectivity index (χ3v) is 2.21. The SMILES string of the molecule is O=C(OOC(=O)c1ccccc1)c1ccccc1.[SiH4]. The third-order valence-electron chi connectivity index (χ3n) is 2.21. The molecule has 2 aromatic rings. The van der Waals surface area contributed by atoms with Crippen molar-refractivity contribution in [2.24, 2.45) is 0 Å². The molecule has 19 heavy (non-hydrogen) atoms. The lowest BCUT2D eigenvalue weighted by Gasteiger charge is -2.02. The Bertz CT molecular complexity index is 488. The van der Waals surface area contributed by atoms with E-state index in [9.17, 15) is 9.59 Å². The second-order valence-corrected chi connectivity index (χ2v) is 3.47. The van der Waals surface area contributed by atoms with Gasteiger partial charge in [-0.15, -0.1) is 0 Å². The molecule has 0 spiro atoms. The van der Waals surface area contributed by atoms with Crippen LogP contribution < -0.4 is 0 Å². The molecular weight excluding hydrogens is 260 g/mol. The van der Waals surface area contributed by atoms with E-state index in [1.807, 2.05) is 0 Å². The van der Waals surface area contributed by atoms with Crippen LogP contribution in [0.4, 0.5) is 0 Å². The van der Waals surface area contributed by atoms with Crippen LogP contribution in [0.5, 0.6) is 0 Å². The van der Waals surface area contributed by atoms with Crippen LogP contribution in [0.15, 0.2) is 60.7 Å². The van der Waals surface area contributed by atoms with E-state index in [0.717, 1.165) is 0 Å². The highest BCUT2D eigenvalue weighted by Crippen LogP contribution is 2.05. The van der Waals surface area contributed by atoms with Crippen molar-refractivity contribution >= 4 is 22.9 Å². The Morgan fingerprint density at radius 3 is 1.26 bits per heavy atom. The normalized spacial score (nSPS) is 9.05. The van der Waals surface area contributed by atoms with Gasteiger partial charge >= 0.3 is 11.9 Å². The van der Waals surface area contributed by atoms with Gasteiger partial charge in [-0.2, -0.15) is 0 Å². The Kier molecular flexibility index (Phi) is 5.50. The zero-order valence-electron chi connectivity index (χ0n) is 9.41. The van der Waals surface area contributed by atoms with Crippen LogP contribution in [0.3, 0.4) is 0 Å². The summed E-state index contributed by atoms with van der Waals surface area (Å²) in [6.07, 6.45) is 0. The maximum absolute atomic E-state index is 11.5. The highest BCUT2D eigenvalue weighted by atomic mass is 28.1. The zero-order chi connectivity index (χ0) is 12.8. The molecule has 0 heterocycles. The van der Waals surface area contributed by atoms with Gasteiger partial charge in [-0.05, 0) is 35.2 Å². The van der Waals surface area contributed by atoms with Crippen molar-refractivity contribution in [3.8, 4) is 0 Å². The minimum atomic E-state index is -0.708. The van der Waals surface area contributed by atoms with Crippen LogP contribution in [-0.4, -0.2) is 22.9 Å². The molecule has 0 saturated carbocycles. The van der Waals surface area contributed by atoms with E-state index >= 15 is 0 Å². The number of benzene rings is 2. The van der Waals surface area contributed by atoms with Crippen molar-refractivity contribution in [1.82, 2.24) is 0 Å². The first kappa shape index (κ1) is 14.7. The number of rotatable bonds is 2. The third kappa shape index (κ3) is 4.08. The van der Waals surface area contributed by atoms with E-state index in [1.165, 1.54) is 0 Å². The Morgan fingerprint density at radius 1 is 0.632 bits per heavy atom. The van der Waals surface area contributed by atoms with Gasteiger partial charge in [0.05, 0.1) is 11.1 Å². The van der Waals surface area contributed by atoms with Gasteiger partial charge in [0.2, 0.25) is 0 Å². The summed E-state index contributed by atoms with van der Waals surface area (Å²) in [6, 6.07) is 16.6. The smallest absolute Gasteiger partial charge is 0.242 e. The number of carbonyl (C=O) groups is 2. The van der Waals surface area contributed by atoms with E-state index in [0.29, 0.717) is 11.1 Å². The molecule has 0 amide bonds. The quantitative estimate of drug-likeness (QED) is 0.468. The van der Waals surface area contributed by atoms with Gasteiger partial charge in [-0.1, -0.05) is 36.4 Å². The fraction of sp³-hybridized carbons (Fsp3) is 0. The van der Waals surface area contributed by atoms with Crippen LogP contribution in [-0.2, 0) is 9.78 Å². The first-order chi connectivity index (χ1) is 8.77. The van der Waals surface area contributed by atoms with Crippen LogP contribution in [0.1, 0.15) is 20.7 Å². The topological polar surface area (TPSA) is 52.6 Å². The fourth-order valence-electron chi connectivity index (χ4n) is 1.32. The molecule has 4 nitrogen and oxygen atoms in total. The van der Waals surface area contributed by atoms with E-state index in [4.69, 9.17) is 0 Å². The lowest BCUT2D eigenvalue weighted by atomic mass is 10.2. The maximum atomic E-state index is 11.5. The monoisotopic (exact) mass is 274 g/mol. The van der Waals surface area contributed by atoms with Gasteiger partial charge in [0, 0.05) is 0 Å². The molecule has 0 N–H and O–H groups in total. The second-order valence-electron chi connectivity index (χ2n) is 3.47. The van der Waals surface area contributed by atoms with E-state index < -0.39 is 11.9 Å². The maximum Gasteiger partial charge on any atom is 0.386 e. The molecular formula is C14H14O4Si. The first-order valence-electron chi connectivity index (χ1n) is 5.30. The Morgan fingerprint density at radius 2 is 0.947 bits per heavy atom. The summed E-state index contributed by atoms with van der Waals surface area (Å²) in [5, 5.41) is 0. The fourth-order valence-corrected chi connectivity index (χ4v) is 1.32. The lowest BCUT2D eigenvalue weighted by molar-refractivity contribution is -0.187. The molecule has 5 heteroatoms. The van der Waals surface area contributed by atoms with Gasteiger partial charge in [0.15, 0.2) is 0 Å². The van der Waals surface area contributed by atoms with Crippen LogP contribution in [0.25, 0.3) is 0 Å². The van der Waals surface area contributed by atoms with Crippen molar-refractivity contribution in [1.29, 1.82) is 0 Å². The molecule has 0 aliphatic heterocycles. The predicted molar refractivity (Wildman–Crippen MR) is 75.0 cm³/mol. The molecule has 0 fully saturated rings. The molecule has 2 aromatic carbocycles. The zero-order valence-corrected chi connectivity index (χ0v) is 9.41. The summed E-state index contributed by atoms with van der Waals surface area (Å²) >= 11 is 0. The van der Waals surface area contributed by atoms with Crippen molar-refractivity contribution < 1.29 is 19.4 Å². The Hall–Kier alpha value is -2.40. The second kappa shape index (κ2) is 7.12. The van der Waals surface area contributed by atoms with Crippen LogP contribution in [0.2, 0.25) is 0 Å². The Balaban J connectivity index is 0.00000180. The van der Waals surface area contributed by atoms with E-state index in [-0.39, 0.29) is 11.0 Å². The molecule has 98 valence electrons. The van der Waals surface area contributed by atoms with Gasteiger partial charge in [0.1, 0.15) is 0 Å². The van der Waals surface area contributed by atoms with E-state index in [2.05, 4.69) is 9.78 Å². The number of hydrogen-bond acceptors (Lipinski definition) is 4. The predicted octanol–water partition coefficient (Wildman–Crippen LogP) is 1.16. The minimum absolute atomic E-state index is 0. The van der Waals surface area contributed by atoms with Crippen molar-refractivity contribution in [2.75, 3.05) is 0 Å². The van der Waals surface area contributed by atoms with Gasteiger partial charge in [-0.25, -0.2) is 19.4 Å². The summed E-state index contributed by atoms with van der Waals surface area (Å²) in [5.41, 5.74) is 0.636. The van der Waals surface area contributed by atoms with Crippen LogP contribution >= 0.6 is 0 Å². The van der Waals surface area contributed by atoms with Gasteiger partial charge < -0.3 is 0 Å².